The van der Waals surface area contributed by atoms with E-state index in [0.29, 0.717) is 29.6 Å². The molecule has 0 bridgehead atoms. The summed E-state index contributed by atoms with van der Waals surface area (Å²) in [7, 11) is 0. The van der Waals surface area contributed by atoms with Crippen LogP contribution < -0.4 is 0 Å². The molecule has 23 heavy (non-hydrogen) atoms. The van der Waals surface area contributed by atoms with Crippen LogP contribution in [-0.4, -0.2) is 16.9 Å². The first-order valence-corrected chi connectivity index (χ1v) is 9.88. The van der Waals surface area contributed by atoms with E-state index in [2.05, 4.69) is 19.9 Å². The van der Waals surface area contributed by atoms with Crippen molar-refractivity contribution in [2.75, 3.05) is 0 Å². The van der Waals surface area contributed by atoms with Crippen LogP contribution in [0, 0.1) is 35.0 Å². The average Bonchev–Trinajstić information content (AvgIpc) is 2.84. The van der Waals surface area contributed by atoms with Gasteiger partial charge in [0.2, 0.25) is 0 Å². The molecule has 0 amide bonds. The Morgan fingerprint density at radius 1 is 1.04 bits per heavy atom. The molecule has 0 aromatic heterocycles. The smallest absolute Gasteiger partial charge is 0.104 e. The largest absolute Gasteiger partial charge is 0.390 e. The molecular formula is C21H33FO. The Bertz CT molecular complexity index is 510. The third-order valence-corrected chi connectivity index (χ3v) is 8.44. The lowest BCUT2D eigenvalue weighted by Gasteiger charge is -2.57. The third-order valence-electron chi connectivity index (χ3n) is 8.44. The summed E-state index contributed by atoms with van der Waals surface area (Å²) in [5.41, 5.74) is 1.36. The highest BCUT2D eigenvalue weighted by atomic mass is 19.1. The van der Waals surface area contributed by atoms with Crippen molar-refractivity contribution in [3.63, 3.8) is 0 Å². The molecule has 0 unspecified atom stereocenters. The molecule has 0 aromatic rings. The Morgan fingerprint density at radius 3 is 2.48 bits per heavy atom. The number of alkyl halides is 1. The van der Waals surface area contributed by atoms with Crippen LogP contribution in [0.15, 0.2) is 11.6 Å². The van der Waals surface area contributed by atoms with Crippen LogP contribution in [0.1, 0.15) is 72.1 Å². The highest BCUT2D eigenvalue weighted by Gasteiger charge is 2.58. The van der Waals surface area contributed by atoms with E-state index in [1.165, 1.54) is 25.7 Å². The van der Waals surface area contributed by atoms with Crippen LogP contribution in [0.5, 0.6) is 0 Å². The molecule has 4 aliphatic carbocycles. The minimum Gasteiger partial charge on any atom is -0.390 e. The Hall–Kier alpha value is -0.370. The van der Waals surface area contributed by atoms with Gasteiger partial charge in [0.1, 0.15) is 6.17 Å². The van der Waals surface area contributed by atoms with Gasteiger partial charge in [-0.25, -0.2) is 4.39 Å². The van der Waals surface area contributed by atoms with Gasteiger partial charge in [-0.2, -0.15) is 0 Å². The summed E-state index contributed by atoms with van der Waals surface area (Å²) in [6, 6.07) is 0. The summed E-state index contributed by atoms with van der Waals surface area (Å²) in [5.74, 6) is 2.66. The SMILES string of the molecule is C/C=C1/CC[C@H]2[C@@H]3C[C@@H](F)[C@@H]4C[C@](C)(O)CC[C@@H]4[C@H]3CC[C@]12C. The molecular weight excluding hydrogens is 287 g/mol. The summed E-state index contributed by atoms with van der Waals surface area (Å²) < 4.78 is 15.1. The molecule has 0 aromatic carbocycles. The van der Waals surface area contributed by atoms with E-state index < -0.39 is 11.8 Å². The number of hydrogen-bond acceptors (Lipinski definition) is 1. The summed E-state index contributed by atoms with van der Waals surface area (Å²) in [6.07, 6.45) is 10.1. The van der Waals surface area contributed by atoms with Crippen LogP contribution in [0.2, 0.25) is 0 Å². The molecule has 0 spiro atoms. The maximum atomic E-state index is 15.1. The molecule has 0 saturated heterocycles. The van der Waals surface area contributed by atoms with E-state index in [4.69, 9.17) is 0 Å². The molecule has 0 radical (unpaired) electrons. The van der Waals surface area contributed by atoms with Crippen LogP contribution in [0.25, 0.3) is 0 Å². The summed E-state index contributed by atoms with van der Waals surface area (Å²) in [6.45, 7) is 6.56. The first kappa shape index (κ1) is 16.1. The fraction of sp³-hybridized carbons (Fsp3) is 0.905. The molecule has 2 heteroatoms. The minimum atomic E-state index is -0.690. The van der Waals surface area contributed by atoms with Gasteiger partial charge in [0, 0.05) is 0 Å². The maximum absolute atomic E-state index is 15.1. The molecule has 130 valence electrons. The Morgan fingerprint density at radius 2 is 1.74 bits per heavy atom. The highest BCUT2D eigenvalue weighted by molar-refractivity contribution is 5.23. The predicted octanol–water partition coefficient (Wildman–Crippen LogP) is 5.28. The van der Waals surface area contributed by atoms with Crippen molar-refractivity contribution in [2.24, 2.45) is 35.0 Å². The first-order chi connectivity index (χ1) is 10.9. The van der Waals surface area contributed by atoms with Gasteiger partial charge < -0.3 is 5.11 Å². The molecule has 1 N–H and O–H groups in total. The van der Waals surface area contributed by atoms with Crippen LogP contribution in [0.4, 0.5) is 4.39 Å². The van der Waals surface area contributed by atoms with Gasteiger partial charge in [-0.1, -0.05) is 18.6 Å². The van der Waals surface area contributed by atoms with Crippen LogP contribution in [0.3, 0.4) is 0 Å². The molecule has 4 fully saturated rings. The number of halogens is 1. The zero-order valence-electron chi connectivity index (χ0n) is 15.0. The van der Waals surface area contributed by atoms with E-state index in [9.17, 15) is 5.11 Å². The molecule has 8 atom stereocenters. The Kier molecular flexibility index (Phi) is 3.72. The zero-order valence-corrected chi connectivity index (χ0v) is 15.0. The number of allylic oxidation sites excluding steroid dienone is 2. The van der Waals surface area contributed by atoms with Crippen LogP contribution in [-0.2, 0) is 0 Å². The second-order valence-electron chi connectivity index (χ2n) is 9.56. The molecule has 4 rings (SSSR count). The summed E-state index contributed by atoms with van der Waals surface area (Å²) in [5, 5.41) is 10.4. The molecule has 0 aliphatic heterocycles. The number of aliphatic hydroxyl groups is 1. The second kappa shape index (κ2) is 5.31. The van der Waals surface area contributed by atoms with Crippen molar-refractivity contribution >= 4 is 0 Å². The minimum absolute atomic E-state index is 0.118. The van der Waals surface area contributed by atoms with Gasteiger partial charge in [0.15, 0.2) is 0 Å². The molecule has 4 aliphatic rings. The van der Waals surface area contributed by atoms with Gasteiger partial charge in [-0.15, -0.1) is 0 Å². The van der Waals surface area contributed by atoms with Crippen molar-refractivity contribution in [3.05, 3.63) is 11.6 Å². The Balaban J connectivity index is 1.61. The third kappa shape index (κ3) is 2.34. The quantitative estimate of drug-likeness (QED) is 0.602. The number of fused-ring (bicyclic) bond motifs is 5. The van der Waals surface area contributed by atoms with Crippen molar-refractivity contribution in [2.45, 2.75) is 83.9 Å². The van der Waals surface area contributed by atoms with E-state index in [1.54, 1.807) is 5.57 Å². The summed E-state index contributed by atoms with van der Waals surface area (Å²) >= 11 is 0. The number of rotatable bonds is 0. The lowest BCUT2D eigenvalue weighted by atomic mass is 9.49. The zero-order chi connectivity index (χ0) is 16.4. The Labute approximate surface area is 140 Å². The van der Waals surface area contributed by atoms with Crippen molar-refractivity contribution in [1.82, 2.24) is 0 Å². The van der Waals surface area contributed by atoms with E-state index in [1.807, 2.05) is 6.92 Å². The van der Waals surface area contributed by atoms with Gasteiger partial charge in [-0.05, 0) is 100 Å². The van der Waals surface area contributed by atoms with Gasteiger partial charge in [0.25, 0.3) is 0 Å². The van der Waals surface area contributed by atoms with Crippen molar-refractivity contribution in [1.29, 1.82) is 0 Å². The van der Waals surface area contributed by atoms with E-state index >= 15 is 4.39 Å². The lowest BCUT2D eigenvalue weighted by molar-refractivity contribution is -0.118. The molecule has 4 saturated carbocycles. The van der Waals surface area contributed by atoms with Gasteiger partial charge in [0.05, 0.1) is 5.60 Å². The van der Waals surface area contributed by atoms with Crippen molar-refractivity contribution in [3.8, 4) is 0 Å². The second-order valence-corrected chi connectivity index (χ2v) is 9.56. The topological polar surface area (TPSA) is 20.2 Å². The van der Waals surface area contributed by atoms with E-state index in [-0.39, 0.29) is 5.92 Å². The van der Waals surface area contributed by atoms with Gasteiger partial charge >= 0.3 is 0 Å². The lowest BCUT2D eigenvalue weighted by Crippen LogP contribution is -2.53. The standard InChI is InChI=1S/C21H33FO/c1-4-13-5-6-18-16-11-19(22)17-12-20(2,23)9-7-15(17)14(16)8-10-21(13,18)3/h4,14-19,23H,5-12H2,1-3H3/b13-4-/t14-,15-,16-,17-,18+,19-,20-,21-/m1/s1. The van der Waals surface area contributed by atoms with Crippen LogP contribution >= 0.6 is 0 Å². The fourth-order valence-corrected chi connectivity index (χ4v) is 7.32. The first-order valence-electron chi connectivity index (χ1n) is 9.88. The fourth-order valence-electron chi connectivity index (χ4n) is 7.32. The highest BCUT2D eigenvalue weighted by Crippen LogP contribution is 2.64. The van der Waals surface area contributed by atoms with E-state index in [0.717, 1.165) is 25.2 Å². The average molecular weight is 320 g/mol. The van der Waals surface area contributed by atoms with Crippen molar-refractivity contribution < 1.29 is 9.50 Å². The normalized spacial score (nSPS) is 57.7. The number of hydrogen-bond donors (Lipinski definition) is 1. The molecule has 0 heterocycles. The maximum Gasteiger partial charge on any atom is 0.104 e. The molecule has 1 nitrogen and oxygen atoms in total. The monoisotopic (exact) mass is 320 g/mol. The van der Waals surface area contributed by atoms with Gasteiger partial charge in [-0.3, -0.25) is 0 Å². The predicted molar refractivity (Wildman–Crippen MR) is 91.8 cm³/mol. The summed E-state index contributed by atoms with van der Waals surface area (Å²) in [4.78, 5) is 0.